The first kappa shape index (κ1) is 54.5. The molecule has 3 N–H and O–H groups in total. The fourth-order valence-electron chi connectivity index (χ4n) is 6.29. The third-order valence-electron chi connectivity index (χ3n) is 9.72. The van der Waals surface area contributed by atoms with Crippen LogP contribution < -0.4 is 5.73 Å². The molecule has 0 bridgehead atoms. The van der Waals surface area contributed by atoms with Gasteiger partial charge in [-0.1, -0.05) is 172 Å². The lowest BCUT2D eigenvalue weighted by molar-refractivity contribution is -0.154. The highest BCUT2D eigenvalue weighted by Gasteiger charge is 2.25. The molecule has 0 amide bonds. The van der Waals surface area contributed by atoms with Gasteiger partial charge in [-0.3, -0.25) is 13.8 Å². The second-order valence-corrected chi connectivity index (χ2v) is 16.7. The third-order valence-corrected chi connectivity index (χ3v) is 10.7. The highest BCUT2D eigenvalue weighted by atomic mass is 31.2. The molecule has 0 radical (unpaired) electrons. The van der Waals surface area contributed by atoms with E-state index >= 15 is 0 Å². The van der Waals surface area contributed by atoms with Gasteiger partial charge in [0.2, 0.25) is 0 Å². The number of carbonyl (C=O) groups excluding carboxylic acids is 1. The van der Waals surface area contributed by atoms with Crippen LogP contribution in [-0.4, -0.2) is 49.9 Å². The van der Waals surface area contributed by atoms with Gasteiger partial charge in [0.1, 0.15) is 6.10 Å². The number of unbranched alkanes of at least 4 members (excludes halogenated alkanes) is 23. The summed E-state index contributed by atoms with van der Waals surface area (Å²) in [4.78, 5) is 22.5. The molecule has 8 nitrogen and oxygen atoms in total. The van der Waals surface area contributed by atoms with Gasteiger partial charge in [-0.25, -0.2) is 4.57 Å². The molecule has 2 atom stereocenters. The van der Waals surface area contributed by atoms with E-state index in [1.807, 2.05) is 0 Å². The number of nitrogens with two attached hydrogens (primary N) is 1. The van der Waals surface area contributed by atoms with Gasteiger partial charge in [0.15, 0.2) is 0 Å². The zero-order valence-corrected chi connectivity index (χ0v) is 37.3. The van der Waals surface area contributed by atoms with Crippen molar-refractivity contribution in [1.29, 1.82) is 0 Å². The Morgan fingerprint density at radius 2 is 0.946 bits per heavy atom. The maximum absolute atomic E-state index is 12.6. The molecular weight excluding hydrogens is 721 g/mol. The van der Waals surface area contributed by atoms with E-state index < -0.39 is 13.9 Å². The lowest BCUT2D eigenvalue weighted by Crippen LogP contribution is -2.28. The monoisotopic (exact) mass is 810 g/mol. The van der Waals surface area contributed by atoms with Gasteiger partial charge in [-0.05, 0) is 77.0 Å². The van der Waals surface area contributed by atoms with Crippen molar-refractivity contribution in [3.8, 4) is 0 Å². The second kappa shape index (κ2) is 44.6. The highest BCUT2D eigenvalue weighted by Crippen LogP contribution is 2.43. The molecule has 0 aromatic carbocycles. The first-order valence-corrected chi connectivity index (χ1v) is 24.6. The molecule has 0 saturated carbocycles. The number of esters is 1. The van der Waals surface area contributed by atoms with Crippen molar-refractivity contribution in [2.75, 3.05) is 33.0 Å². The van der Waals surface area contributed by atoms with Gasteiger partial charge in [0.25, 0.3) is 0 Å². The summed E-state index contributed by atoms with van der Waals surface area (Å²) in [5.74, 6) is -0.343. The van der Waals surface area contributed by atoms with Gasteiger partial charge in [-0.2, -0.15) is 0 Å². The average Bonchev–Trinajstić information content (AvgIpc) is 3.19. The van der Waals surface area contributed by atoms with E-state index in [0.29, 0.717) is 13.0 Å². The standard InChI is InChI=1S/C47H88NO7P/c1-3-5-7-9-11-13-15-17-19-20-21-22-23-24-25-27-29-31-33-35-37-39-42-52-44-46(45-54-56(50,51)53-43-41-48)55-47(49)40-38-36-34-32-30-28-26-18-16-14-12-10-8-6-4-2/h15,17-18,20-21,23-24,26,46H,3-14,16,19,22,25,27-45,48H2,1-2H3,(H,50,51)/b17-15-,21-20-,24-23-,26-18-. The summed E-state index contributed by atoms with van der Waals surface area (Å²) in [6, 6.07) is 0. The molecule has 0 fully saturated rings. The highest BCUT2D eigenvalue weighted by molar-refractivity contribution is 7.47. The van der Waals surface area contributed by atoms with Crippen LogP contribution in [0.15, 0.2) is 48.6 Å². The molecule has 0 saturated heterocycles. The second-order valence-electron chi connectivity index (χ2n) is 15.3. The SMILES string of the molecule is CCCCCCC/C=C\C/C=C\C/C=C\CCCCCCCCCOCC(COP(=O)(O)OCCN)OC(=O)CCCCCCC/C=C\CCCCCCCC. The Balaban J connectivity index is 4.02. The minimum Gasteiger partial charge on any atom is -0.457 e. The van der Waals surface area contributed by atoms with Crippen LogP contribution in [0.4, 0.5) is 0 Å². The van der Waals surface area contributed by atoms with E-state index in [9.17, 15) is 14.3 Å². The van der Waals surface area contributed by atoms with E-state index in [2.05, 4.69) is 62.5 Å². The van der Waals surface area contributed by atoms with E-state index in [1.54, 1.807) is 0 Å². The predicted molar refractivity (Wildman–Crippen MR) is 238 cm³/mol. The lowest BCUT2D eigenvalue weighted by atomic mass is 10.1. The molecule has 0 aliphatic rings. The van der Waals surface area contributed by atoms with Crippen molar-refractivity contribution in [2.45, 2.75) is 213 Å². The number of phosphoric ester groups is 1. The van der Waals surface area contributed by atoms with Gasteiger partial charge >= 0.3 is 13.8 Å². The van der Waals surface area contributed by atoms with Gasteiger partial charge in [-0.15, -0.1) is 0 Å². The van der Waals surface area contributed by atoms with Crippen molar-refractivity contribution in [2.24, 2.45) is 5.73 Å². The van der Waals surface area contributed by atoms with Crippen LogP contribution in [0.2, 0.25) is 0 Å². The summed E-state index contributed by atoms with van der Waals surface area (Å²) in [6.07, 6.45) is 52.7. The first-order valence-electron chi connectivity index (χ1n) is 23.1. The van der Waals surface area contributed by atoms with Crippen LogP contribution in [0, 0.1) is 0 Å². The Labute approximate surface area is 345 Å². The average molecular weight is 810 g/mol. The van der Waals surface area contributed by atoms with Crippen molar-refractivity contribution in [3.05, 3.63) is 48.6 Å². The minimum atomic E-state index is -4.28. The molecule has 9 heteroatoms. The van der Waals surface area contributed by atoms with Crippen LogP contribution in [0.1, 0.15) is 206 Å². The van der Waals surface area contributed by atoms with Crippen molar-refractivity contribution in [3.63, 3.8) is 0 Å². The maximum atomic E-state index is 12.6. The molecule has 328 valence electrons. The zero-order chi connectivity index (χ0) is 40.9. The molecule has 0 spiro atoms. The molecule has 0 aromatic rings. The summed E-state index contributed by atoms with van der Waals surface area (Å²) in [5, 5.41) is 0. The number of carbonyl (C=O) groups is 1. The van der Waals surface area contributed by atoms with Crippen LogP contribution in [0.5, 0.6) is 0 Å². The molecule has 0 aliphatic heterocycles. The summed E-state index contributed by atoms with van der Waals surface area (Å²) in [5.41, 5.74) is 5.37. The fourth-order valence-corrected chi connectivity index (χ4v) is 7.06. The molecule has 0 rings (SSSR count). The summed E-state index contributed by atoms with van der Waals surface area (Å²) < 4.78 is 33.5. The lowest BCUT2D eigenvalue weighted by Gasteiger charge is -2.20. The van der Waals surface area contributed by atoms with E-state index in [0.717, 1.165) is 64.2 Å². The quantitative estimate of drug-likeness (QED) is 0.0270. The first-order chi connectivity index (χ1) is 27.4. The van der Waals surface area contributed by atoms with Crippen LogP contribution in [0.3, 0.4) is 0 Å². The van der Waals surface area contributed by atoms with E-state index in [1.165, 1.54) is 122 Å². The summed E-state index contributed by atoms with van der Waals surface area (Å²) >= 11 is 0. The van der Waals surface area contributed by atoms with Gasteiger partial charge < -0.3 is 20.1 Å². The zero-order valence-electron chi connectivity index (χ0n) is 36.4. The van der Waals surface area contributed by atoms with E-state index in [4.69, 9.17) is 24.3 Å². The smallest absolute Gasteiger partial charge is 0.457 e. The molecular formula is C47H88NO7P. The van der Waals surface area contributed by atoms with Crippen LogP contribution >= 0.6 is 7.82 Å². The van der Waals surface area contributed by atoms with Crippen LogP contribution in [-0.2, 0) is 27.9 Å². The predicted octanol–water partition coefficient (Wildman–Crippen LogP) is 14.0. The molecule has 2 unspecified atom stereocenters. The molecule has 56 heavy (non-hydrogen) atoms. The van der Waals surface area contributed by atoms with E-state index in [-0.39, 0.29) is 32.3 Å². The Morgan fingerprint density at radius 1 is 0.536 bits per heavy atom. The number of rotatable bonds is 44. The fraction of sp³-hybridized carbons (Fsp3) is 0.809. The number of ether oxygens (including phenoxy) is 2. The van der Waals surface area contributed by atoms with Crippen molar-refractivity contribution >= 4 is 13.8 Å². The van der Waals surface area contributed by atoms with Gasteiger partial charge in [0, 0.05) is 19.6 Å². The normalized spacial score (nSPS) is 13.9. The summed E-state index contributed by atoms with van der Waals surface area (Å²) in [7, 11) is -4.28. The maximum Gasteiger partial charge on any atom is 0.472 e. The largest absolute Gasteiger partial charge is 0.472 e. The Hall–Kier alpha value is -1.54. The number of allylic oxidation sites excluding steroid dienone is 8. The summed E-state index contributed by atoms with van der Waals surface area (Å²) in [6.45, 7) is 4.88. The number of hydrogen-bond acceptors (Lipinski definition) is 7. The van der Waals surface area contributed by atoms with Crippen molar-refractivity contribution in [1.82, 2.24) is 0 Å². The molecule has 0 heterocycles. The van der Waals surface area contributed by atoms with Crippen LogP contribution in [0.25, 0.3) is 0 Å². The Bertz CT molecular complexity index is 999. The topological polar surface area (TPSA) is 117 Å². The van der Waals surface area contributed by atoms with Crippen molar-refractivity contribution < 1.29 is 32.8 Å². The third kappa shape index (κ3) is 43.6. The molecule has 0 aromatic heterocycles. The number of phosphoric acid groups is 1. The number of hydrogen-bond donors (Lipinski definition) is 2. The van der Waals surface area contributed by atoms with Gasteiger partial charge in [0.05, 0.1) is 19.8 Å². The Morgan fingerprint density at radius 3 is 1.43 bits per heavy atom. The minimum absolute atomic E-state index is 0.0960. The molecule has 0 aliphatic carbocycles. The Kier molecular flexibility index (Phi) is 43.3.